The first-order chi connectivity index (χ1) is 8.47. The molecule has 98 valence electrons. The number of likely N-dealkylation sites (tertiary alicyclic amines) is 1. The second kappa shape index (κ2) is 5.13. The van der Waals surface area contributed by atoms with E-state index in [-0.39, 0.29) is 5.41 Å². The van der Waals surface area contributed by atoms with E-state index in [0.29, 0.717) is 12.3 Å². The molecular weight excluding hydrogens is 222 g/mol. The largest absolute Gasteiger partial charge is 0.343 e. The molecule has 18 heavy (non-hydrogen) atoms. The highest BCUT2D eigenvalue weighted by molar-refractivity contribution is 5.77. The monoisotopic (exact) mass is 245 g/mol. The van der Waals surface area contributed by atoms with Gasteiger partial charge in [0, 0.05) is 19.5 Å². The lowest BCUT2D eigenvalue weighted by Gasteiger charge is -2.31. The summed E-state index contributed by atoms with van der Waals surface area (Å²) in [6.45, 7) is 8.57. The summed E-state index contributed by atoms with van der Waals surface area (Å²) in [6, 6.07) is 8.68. The Balaban J connectivity index is 1.88. The number of hydrogen-bond acceptors (Lipinski definition) is 1. The lowest BCUT2D eigenvalue weighted by Crippen LogP contribution is -2.42. The fourth-order valence-electron chi connectivity index (χ4n) is 2.15. The summed E-state index contributed by atoms with van der Waals surface area (Å²) < 4.78 is 0. The topological polar surface area (TPSA) is 20.3 Å². The normalized spacial score (nSPS) is 15.4. The van der Waals surface area contributed by atoms with Gasteiger partial charge in [0.1, 0.15) is 0 Å². The molecule has 0 aliphatic carbocycles. The molecule has 0 unspecified atom stereocenters. The van der Waals surface area contributed by atoms with E-state index in [1.165, 1.54) is 17.5 Å². The van der Waals surface area contributed by atoms with Gasteiger partial charge in [-0.25, -0.2) is 0 Å². The van der Waals surface area contributed by atoms with E-state index in [9.17, 15) is 4.79 Å². The first kappa shape index (κ1) is 13.1. The summed E-state index contributed by atoms with van der Waals surface area (Å²) in [7, 11) is 0. The van der Waals surface area contributed by atoms with Crippen molar-refractivity contribution >= 4 is 5.91 Å². The predicted octanol–water partition coefficient (Wildman–Crippen LogP) is 3.15. The van der Waals surface area contributed by atoms with Crippen LogP contribution in [0.15, 0.2) is 24.3 Å². The molecule has 1 fully saturated rings. The lowest BCUT2D eigenvalue weighted by atomic mass is 9.86. The number of carbonyl (C=O) groups excluding carboxylic acids is 1. The summed E-state index contributed by atoms with van der Waals surface area (Å²) in [5.41, 5.74) is 2.81. The number of rotatable bonds is 3. The maximum Gasteiger partial charge on any atom is 0.222 e. The molecular formula is C16H23NO. The molecule has 1 saturated heterocycles. The molecule has 0 spiro atoms. The molecule has 2 nitrogen and oxygen atoms in total. The quantitative estimate of drug-likeness (QED) is 0.801. The Morgan fingerprint density at radius 2 is 1.78 bits per heavy atom. The molecule has 1 amide bonds. The van der Waals surface area contributed by atoms with Gasteiger partial charge in [-0.1, -0.05) is 45.0 Å². The van der Waals surface area contributed by atoms with Crippen LogP contribution >= 0.6 is 0 Å². The third-order valence-corrected chi connectivity index (χ3v) is 3.66. The van der Waals surface area contributed by atoms with Crippen LogP contribution in [-0.2, 0) is 16.6 Å². The van der Waals surface area contributed by atoms with Gasteiger partial charge in [0.25, 0.3) is 0 Å². The van der Waals surface area contributed by atoms with E-state index in [2.05, 4.69) is 45.0 Å². The summed E-state index contributed by atoms with van der Waals surface area (Å²) in [4.78, 5) is 13.7. The zero-order valence-electron chi connectivity index (χ0n) is 11.7. The van der Waals surface area contributed by atoms with Crippen LogP contribution in [0.3, 0.4) is 0 Å². The SMILES string of the molecule is CC(C)(C)c1ccc(CCC(=O)N2CCC2)cc1. The molecule has 0 bridgehead atoms. The standard InChI is InChI=1S/C16H23NO/c1-16(2,3)14-8-5-13(6-9-14)7-10-15(18)17-11-4-12-17/h5-6,8-9H,4,7,10-12H2,1-3H3. The molecule has 1 aromatic rings. The van der Waals surface area contributed by atoms with Crippen molar-refractivity contribution in [1.82, 2.24) is 4.90 Å². The van der Waals surface area contributed by atoms with Gasteiger partial charge in [0.15, 0.2) is 0 Å². The number of hydrogen-bond donors (Lipinski definition) is 0. The molecule has 0 saturated carbocycles. The lowest BCUT2D eigenvalue weighted by molar-refractivity contribution is -0.134. The summed E-state index contributed by atoms with van der Waals surface area (Å²) in [5, 5.41) is 0. The van der Waals surface area contributed by atoms with Crippen LogP contribution in [0.25, 0.3) is 0 Å². The van der Waals surface area contributed by atoms with Gasteiger partial charge in [-0.15, -0.1) is 0 Å². The maximum atomic E-state index is 11.8. The zero-order valence-corrected chi connectivity index (χ0v) is 11.7. The fraction of sp³-hybridized carbons (Fsp3) is 0.562. The van der Waals surface area contributed by atoms with E-state index in [1.807, 2.05) is 4.90 Å². The summed E-state index contributed by atoms with van der Waals surface area (Å²) in [5.74, 6) is 0.307. The third kappa shape index (κ3) is 3.12. The number of benzene rings is 1. The van der Waals surface area contributed by atoms with Crippen LogP contribution in [0.2, 0.25) is 0 Å². The molecule has 0 radical (unpaired) electrons. The van der Waals surface area contributed by atoms with Crippen molar-refractivity contribution in [1.29, 1.82) is 0 Å². The molecule has 1 aliphatic heterocycles. The zero-order chi connectivity index (χ0) is 13.2. The minimum atomic E-state index is 0.200. The van der Waals surface area contributed by atoms with Crippen molar-refractivity contribution in [3.63, 3.8) is 0 Å². The number of nitrogens with zero attached hydrogens (tertiary/aromatic N) is 1. The molecule has 2 rings (SSSR count). The Morgan fingerprint density at radius 1 is 1.17 bits per heavy atom. The second-order valence-corrected chi connectivity index (χ2v) is 6.18. The highest BCUT2D eigenvalue weighted by atomic mass is 16.2. The van der Waals surface area contributed by atoms with Gasteiger partial charge < -0.3 is 4.90 Å². The van der Waals surface area contributed by atoms with Crippen LogP contribution in [0.5, 0.6) is 0 Å². The Bertz CT molecular complexity index is 410. The second-order valence-electron chi connectivity index (χ2n) is 6.18. The third-order valence-electron chi connectivity index (χ3n) is 3.66. The molecule has 1 aromatic carbocycles. The molecule has 0 N–H and O–H groups in total. The molecule has 0 atom stereocenters. The average Bonchev–Trinajstić information content (AvgIpc) is 2.23. The van der Waals surface area contributed by atoms with Gasteiger partial charge >= 0.3 is 0 Å². The summed E-state index contributed by atoms with van der Waals surface area (Å²) >= 11 is 0. The number of carbonyl (C=O) groups is 1. The van der Waals surface area contributed by atoms with E-state index in [1.54, 1.807) is 0 Å². The van der Waals surface area contributed by atoms with Gasteiger partial charge in [0.05, 0.1) is 0 Å². The smallest absolute Gasteiger partial charge is 0.222 e. The number of amides is 1. The van der Waals surface area contributed by atoms with Gasteiger partial charge in [-0.2, -0.15) is 0 Å². The fourth-order valence-corrected chi connectivity index (χ4v) is 2.15. The molecule has 0 aromatic heterocycles. The average molecular weight is 245 g/mol. The first-order valence-electron chi connectivity index (χ1n) is 6.84. The highest BCUT2D eigenvalue weighted by Gasteiger charge is 2.19. The minimum Gasteiger partial charge on any atom is -0.343 e. The van der Waals surface area contributed by atoms with Crippen molar-refractivity contribution in [3.8, 4) is 0 Å². The van der Waals surface area contributed by atoms with E-state index < -0.39 is 0 Å². The van der Waals surface area contributed by atoms with Crippen LogP contribution in [-0.4, -0.2) is 23.9 Å². The maximum absolute atomic E-state index is 11.8. The van der Waals surface area contributed by atoms with E-state index in [0.717, 1.165) is 19.5 Å². The predicted molar refractivity (Wildman–Crippen MR) is 74.7 cm³/mol. The molecule has 2 heteroatoms. The van der Waals surface area contributed by atoms with Crippen LogP contribution in [0, 0.1) is 0 Å². The van der Waals surface area contributed by atoms with Crippen molar-refractivity contribution in [2.75, 3.05) is 13.1 Å². The highest BCUT2D eigenvalue weighted by Crippen LogP contribution is 2.22. The Kier molecular flexibility index (Phi) is 3.74. The van der Waals surface area contributed by atoms with Crippen molar-refractivity contribution < 1.29 is 4.79 Å². The van der Waals surface area contributed by atoms with Gasteiger partial charge in [0.2, 0.25) is 5.91 Å². The van der Waals surface area contributed by atoms with Crippen molar-refractivity contribution in [3.05, 3.63) is 35.4 Å². The summed E-state index contributed by atoms with van der Waals surface area (Å²) in [6.07, 6.45) is 2.68. The van der Waals surface area contributed by atoms with Crippen molar-refractivity contribution in [2.45, 2.75) is 45.4 Å². The molecule has 1 aliphatic rings. The van der Waals surface area contributed by atoms with E-state index in [4.69, 9.17) is 0 Å². The minimum absolute atomic E-state index is 0.200. The molecule has 1 heterocycles. The van der Waals surface area contributed by atoms with Gasteiger partial charge in [-0.3, -0.25) is 4.79 Å². The number of aryl methyl sites for hydroxylation is 1. The van der Waals surface area contributed by atoms with E-state index >= 15 is 0 Å². The Morgan fingerprint density at radius 3 is 2.22 bits per heavy atom. The van der Waals surface area contributed by atoms with Crippen LogP contribution in [0.1, 0.15) is 44.7 Å². The van der Waals surface area contributed by atoms with Crippen molar-refractivity contribution in [2.24, 2.45) is 0 Å². The van der Waals surface area contributed by atoms with Gasteiger partial charge in [-0.05, 0) is 29.4 Å². The first-order valence-corrected chi connectivity index (χ1v) is 6.84. The Labute approximate surface area is 110 Å². The van der Waals surface area contributed by atoms with Crippen LogP contribution in [0.4, 0.5) is 0 Å². The Hall–Kier alpha value is -1.31. The van der Waals surface area contributed by atoms with Crippen LogP contribution < -0.4 is 0 Å².